The smallest absolute Gasteiger partial charge is 0.0797 e. The summed E-state index contributed by atoms with van der Waals surface area (Å²) in [6, 6.07) is 2.29. The molecule has 3 nitrogen and oxygen atoms in total. The zero-order chi connectivity index (χ0) is 12.3. The van der Waals surface area contributed by atoms with Gasteiger partial charge in [-0.05, 0) is 74.7 Å². The van der Waals surface area contributed by atoms with Gasteiger partial charge in [0.2, 0.25) is 0 Å². The molecular weight excluding hydrogens is 222 g/mol. The quantitative estimate of drug-likeness (QED) is 0.841. The summed E-state index contributed by atoms with van der Waals surface area (Å²) in [4.78, 5) is 0. The first-order chi connectivity index (χ1) is 8.64. The zero-order valence-corrected chi connectivity index (χ0v) is 11.2. The van der Waals surface area contributed by atoms with E-state index in [-0.39, 0.29) is 6.04 Å². The van der Waals surface area contributed by atoms with Gasteiger partial charge in [-0.3, -0.25) is 5.10 Å². The van der Waals surface area contributed by atoms with Crippen molar-refractivity contribution in [2.45, 2.75) is 51.5 Å². The van der Waals surface area contributed by atoms with Crippen LogP contribution in [0.15, 0.2) is 6.07 Å². The third-order valence-electron chi connectivity index (χ3n) is 5.79. The third-order valence-corrected chi connectivity index (χ3v) is 5.79. The average molecular weight is 245 g/mol. The molecule has 18 heavy (non-hydrogen) atoms. The van der Waals surface area contributed by atoms with Crippen LogP contribution in [0.2, 0.25) is 0 Å². The molecule has 4 aliphatic rings. The van der Waals surface area contributed by atoms with Gasteiger partial charge in [0, 0.05) is 5.69 Å². The van der Waals surface area contributed by atoms with E-state index in [4.69, 9.17) is 5.73 Å². The summed E-state index contributed by atoms with van der Waals surface area (Å²) in [6.07, 6.45) is 8.49. The van der Waals surface area contributed by atoms with Gasteiger partial charge in [0.1, 0.15) is 0 Å². The lowest BCUT2D eigenvalue weighted by atomic mass is 9.47. The Morgan fingerprint density at radius 3 is 2.22 bits per heavy atom. The highest BCUT2D eigenvalue weighted by atomic mass is 15.1. The second kappa shape index (κ2) is 3.60. The lowest BCUT2D eigenvalue weighted by molar-refractivity contribution is -0.0684. The van der Waals surface area contributed by atoms with Crippen molar-refractivity contribution in [2.75, 3.05) is 0 Å². The van der Waals surface area contributed by atoms with Gasteiger partial charge in [0.05, 0.1) is 11.7 Å². The molecule has 1 unspecified atom stereocenters. The minimum Gasteiger partial charge on any atom is -0.322 e. The SMILES string of the molecule is Cc1cc(C(N)C23CC4CC(CC(C4)C2)C3)n[nH]1. The molecule has 5 rings (SSSR count). The molecule has 3 N–H and O–H groups in total. The summed E-state index contributed by atoms with van der Waals surface area (Å²) in [6.45, 7) is 2.06. The molecule has 0 radical (unpaired) electrons. The number of nitrogens with one attached hydrogen (secondary N) is 1. The predicted molar refractivity (Wildman–Crippen MR) is 70.9 cm³/mol. The largest absolute Gasteiger partial charge is 0.322 e. The fourth-order valence-electron chi connectivity index (χ4n) is 5.47. The number of rotatable bonds is 2. The van der Waals surface area contributed by atoms with Crippen LogP contribution in [-0.4, -0.2) is 10.2 Å². The number of aryl methyl sites for hydroxylation is 1. The molecule has 0 amide bonds. The molecule has 4 bridgehead atoms. The van der Waals surface area contributed by atoms with Crippen molar-refractivity contribution in [1.29, 1.82) is 0 Å². The number of hydrogen-bond donors (Lipinski definition) is 2. The van der Waals surface area contributed by atoms with Crippen molar-refractivity contribution in [3.05, 3.63) is 17.5 Å². The van der Waals surface area contributed by atoms with Crippen LogP contribution in [0.4, 0.5) is 0 Å². The molecule has 98 valence electrons. The fraction of sp³-hybridized carbons (Fsp3) is 0.800. The van der Waals surface area contributed by atoms with Crippen LogP contribution in [0, 0.1) is 30.1 Å². The van der Waals surface area contributed by atoms with Crippen LogP contribution in [0.5, 0.6) is 0 Å². The first kappa shape index (κ1) is 11.0. The van der Waals surface area contributed by atoms with Crippen molar-refractivity contribution in [2.24, 2.45) is 28.9 Å². The summed E-state index contributed by atoms with van der Waals surface area (Å²) >= 11 is 0. The van der Waals surface area contributed by atoms with Crippen LogP contribution < -0.4 is 5.73 Å². The summed E-state index contributed by atoms with van der Waals surface area (Å²) in [5, 5.41) is 7.47. The Morgan fingerprint density at radius 2 is 1.78 bits per heavy atom. The van der Waals surface area contributed by atoms with E-state index in [2.05, 4.69) is 23.2 Å². The van der Waals surface area contributed by atoms with E-state index < -0.39 is 0 Å². The van der Waals surface area contributed by atoms with Gasteiger partial charge in [0.15, 0.2) is 0 Å². The van der Waals surface area contributed by atoms with Gasteiger partial charge in [0.25, 0.3) is 0 Å². The van der Waals surface area contributed by atoms with Crippen molar-refractivity contribution in [3.8, 4) is 0 Å². The van der Waals surface area contributed by atoms with Gasteiger partial charge >= 0.3 is 0 Å². The van der Waals surface area contributed by atoms with Crippen LogP contribution >= 0.6 is 0 Å². The van der Waals surface area contributed by atoms with E-state index in [1.54, 1.807) is 0 Å². The molecule has 1 heterocycles. The first-order valence-corrected chi connectivity index (χ1v) is 7.42. The van der Waals surface area contributed by atoms with Crippen LogP contribution in [-0.2, 0) is 0 Å². The Labute approximate surface area is 109 Å². The number of aromatic amines is 1. The summed E-state index contributed by atoms with van der Waals surface area (Å²) < 4.78 is 0. The lowest BCUT2D eigenvalue weighted by Crippen LogP contribution is -2.50. The Balaban J connectivity index is 1.67. The van der Waals surface area contributed by atoms with E-state index in [0.29, 0.717) is 5.41 Å². The molecule has 1 aromatic heterocycles. The van der Waals surface area contributed by atoms with Gasteiger partial charge in [-0.15, -0.1) is 0 Å². The van der Waals surface area contributed by atoms with Gasteiger partial charge in [-0.2, -0.15) is 5.10 Å². The van der Waals surface area contributed by atoms with Crippen LogP contribution in [0.1, 0.15) is 56.0 Å². The molecule has 0 aromatic carbocycles. The van der Waals surface area contributed by atoms with Crippen LogP contribution in [0.3, 0.4) is 0 Å². The molecule has 4 fully saturated rings. The standard InChI is InChI=1S/C15H23N3/c1-9-2-13(18-17-9)14(16)15-6-10-3-11(7-15)5-12(4-10)8-15/h2,10-12,14H,3-8,16H2,1H3,(H,17,18). The van der Waals surface area contributed by atoms with Crippen molar-refractivity contribution in [3.63, 3.8) is 0 Å². The topological polar surface area (TPSA) is 54.7 Å². The maximum Gasteiger partial charge on any atom is 0.0797 e. The number of aromatic nitrogens is 2. The highest BCUT2D eigenvalue weighted by Crippen LogP contribution is 2.63. The first-order valence-electron chi connectivity index (χ1n) is 7.42. The lowest BCUT2D eigenvalue weighted by Gasteiger charge is -2.58. The fourth-order valence-corrected chi connectivity index (χ4v) is 5.47. The van der Waals surface area contributed by atoms with Gasteiger partial charge < -0.3 is 5.73 Å². The van der Waals surface area contributed by atoms with E-state index in [0.717, 1.165) is 29.1 Å². The Kier molecular flexibility index (Phi) is 2.20. The van der Waals surface area contributed by atoms with Crippen molar-refractivity contribution < 1.29 is 0 Å². The molecule has 1 aromatic rings. The normalized spacial score (nSPS) is 43.3. The molecule has 1 atom stereocenters. The van der Waals surface area contributed by atoms with E-state index in [1.807, 2.05) is 0 Å². The minimum atomic E-state index is 0.149. The highest BCUT2D eigenvalue weighted by Gasteiger charge is 2.54. The summed E-state index contributed by atoms with van der Waals surface area (Å²) in [5.74, 6) is 2.88. The number of nitrogens with two attached hydrogens (primary N) is 1. The summed E-state index contributed by atoms with van der Waals surface area (Å²) in [5.41, 5.74) is 9.22. The number of nitrogens with zero attached hydrogens (tertiary/aromatic N) is 1. The Hall–Kier alpha value is -0.830. The van der Waals surface area contributed by atoms with Gasteiger partial charge in [-0.25, -0.2) is 0 Å². The molecule has 0 aliphatic heterocycles. The summed E-state index contributed by atoms with van der Waals surface area (Å²) in [7, 11) is 0. The number of hydrogen-bond acceptors (Lipinski definition) is 2. The van der Waals surface area contributed by atoms with Crippen LogP contribution in [0.25, 0.3) is 0 Å². The highest BCUT2D eigenvalue weighted by molar-refractivity contribution is 5.17. The minimum absolute atomic E-state index is 0.149. The second-order valence-electron chi connectivity index (χ2n) is 7.23. The van der Waals surface area contributed by atoms with Gasteiger partial charge in [-0.1, -0.05) is 0 Å². The van der Waals surface area contributed by atoms with E-state index in [1.165, 1.54) is 38.5 Å². The van der Waals surface area contributed by atoms with Crippen molar-refractivity contribution >= 4 is 0 Å². The predicted octanol–water partition coefficient (Wildman–Crippen LogP) is 2.93. The molecular formula is C15H23N3. The molecule has 4 aliphatic carbocycles. The second-order valence-corrected chi connectivity index (χ2v) is 7.23. The zero-order valence-electron chi connectivity index (χ0n) is 11.2. The molecule has 4 saturated carbocycles. The average Bonchev–Trinajstić information content (AvgIpc) is 2.73. The monoisotopic (exact) mass is 245 g/mol. The Bertz CT molecular complexity index is 427. The molecule has 3 heteroatoms. The third kappa shape index (κ3) is 1.49. The van der Waals surface area contributed by atoms with Crippen molar-refractivity contribution in [1.82, 2.24) is 10.2 Å². The Morgan fingerprint density at radius 1 is 1.22 bits per heavy atom. The molecule has 0 spiro atoms. The molecule has 0 saturated heterocycles. The maximum absolute atomic E-state index is 6.62. The maximum atomic E-state index is 6.62. The number of H-pyrrole nitrogens is 1. The van der Waals surface area contributed by atoms with E-state index in [9.17, 15) is 0 Å². The van der Waals surface area contributed by atoms with E-state index >= 15 is 0 Å².